The van der Waals surface area contributed by atoms with Gasteiger partial charge in [0.25, 0.3) is 5.91 Å². The third-order valence-electron chi connectivity index (χ3n) is 6.43. The highest BCUT2D eigenvalue weighted by Gasteiger charge is 2.29. The van der Waals surface area contributed by atoms with E-state index >= 15 is 0 Å². The van der Waals surface area contributed by atoms with Crippen molar-refractivity contribution in [3.63, 3.8) is 0 Å². The topological polar surface area (TPSA) is 78.5 Å². The number of aryl methyl sites for hydroxylation is 1. The fourth-order valence-electron chi connectivity index (χ4n) is 4.55. The molecule has 1 saturated heterocycles. The molecule has 0 aromatic heterocycles. The number of amides is 1. The summed E-state index contributed by atoms with van der Waals surface area (Å²) in [5.74, 6) is -0.137. The van der Waals surface area contributed by atoms with Crippen molar-refractivity contribution in [3.05, 3.63) is 65.2 Å². The van der Waals surface area contributed by atoms with Crippen LogP contribution in [0.4, 0.5) is 0 Å². The van der Waals surface area contributed by atoms with Crippen molar-refractivity contribution in [3.8, 4) is 0 Å². The predicted molar refractivity (Wildman–Crippen MR) is 121 cm³/mol. The lowest BCUT2D eigenvalue weighted by Gasteiger charge is -2.34. The van der Waals surface area contributed by atoms with Gasteiger partial charge in [-0.3, -0.25) is 4.79 Å². The maximum Gasteiger partial charge on any atom is 0.251 e. The highest BCUT2D eigenvalue weighted by molar-refractivity contribution is 7.89. The number of rotatable bonds is 6. The Kier molecular flexibility index (Phi) is 6.46. The molecule has 31 heavy (non-hydrogen) atoms. The molecule has 1 aliphatic heterocycles. The Morgan fingerprint density at radius 1 is 1.03 bits per heavy atom. The summed E-state index contributed by atoms with van der Waals surface area (Å²) in [6, 6.07) is 14.7. The van der Waals surface area contributed by atoms with Crippen molar-refractivity contribution in [1.29, 1.82) is 0 Å². The maximum atomic E-state index is 13.1. The van der Waals surface area contributed by atoms with Crippen LogP contribution in [0, 0.1) is 0 Å². The van der Waals surface area contributed by atoms with Crippen LogP contribution in [0.15, 0.2) is 53.4 Å². The minimum Gasteiger partial charge on any atom is -0.345 e. The number of hydrogen-bond acceptors (Lipinski definition) is 4. The zero-order chi connectivity index (χ0) is 22.0. The summed E-state index contributed by atoms with van der Waals surface area (Å²) in [6.07, 6.45) is 3.24. The fraction of sp³-hybridized carbons (Fsp3) is 0.458. The Morgan fingerprint density at radius 2 is 1.74 bits per heavy atom. The largest absolute Gasteiger partial charge is 0.345 e. The summed E-state index contributed by atoms with van der Waals surface area (Å²) in [4.78, 5) is 15.2. The number of benzene rings is 2. The Balaban J connectivity index is 1.46. The van der Waals surface area contributed by atoms with E-state index in [1.165, 1.54) is 0 Å². The molecule has 0 spiro atoms. The lowest BCUT2D eigenvalue weighted by Crippen LogP contribution is -2.46. The van der Waals surface area contributed by atoms with Gasteiger partial charge in [-0.05, 0) is 88.0 Å². The summed E-state index contributed by atoms with van der Waals surface area (Å²) >= 11 is 0. The smallest absolute Gasteiger partial charge is 0.251 e. The van der Waals surface area contributed by atoms with Crippen molar-refractivity contribution in [2.24, 2.45) is 0 Å². The van der Waals surface area contributed by atoms with Crippen LogP contribution in [0.5, 0.6) is 0 Å². The van der Waals surface area contributed by atoms with Crippen molar-refractivity contribution < 1.29 is 13.2 Å². The molecule has 2 N–H and O–H groups in total. The first-order valence-corrected chi connectivity index (χ1v) is 12.6. The molecular formula is C24H31N3O3S. The molecule has 1 fully saturated rings. The Bertz CT molecular complexity index is 1030. The fourth-order valence-corrected chi connectivity index (χ4v) is 5.89. The normalized spacial score (nSPS) is 20.0. The van der Waals surface area contributed by atoms with Crippen LogP contribution in [-0.2, 0) is 16.4 Å². The van der Waals surface area contributed by atoms with Gasteiger partial charge < -0.3 is 10.2 Å². The first-order chi connectivity index (χ1) is 14.8. The van der Waals surface area contributed by atoms with E-state index in [4.69, 9.17) is 0 Å². The Labute approximate surface area is 185 Å². The molecular weight excluding hydrogens is 410 g/mol. The first-order valence-electron chi connectivity index (χ1n) is 11.1. The molecule has 0 saturated carbocycles. The standard InChI is InChI=1S/C24H31N3O3S/c1-17(2)27-14-12-20(13-15-27)26-31(29,30)21-10-8-18-9-11-23(22(18)16-21)25-24(28)19-6-4-3-5-7-19/h3-8,10,16-17,20,23,26H,9,11-15H2,1-2H3,(H,25,28)/t23-/m0/s1. The molecule has 6 nitrogen and oxygen atoms in total. The highest BCUT2D eigenvalue weighted by atomic mass is 32.2. The number of nitrogens with one attached hydrogen (secondary N) is 2. The van der Waals surface area contributed by atoms with E-state index in [-0.39, 0.29) is 22.9 Å². The summed E-state index contributed by atoms with van der Waals surface area (Å²) in [7, 11) is -3.60. The molecule has 1 amide bonds. The number of carbonyl (C=O) groups is 1. The third kappa shape index (κ3) is 5.00. The van der Waals surface area contributed by atoms with Gasteiger partial charge in [0.2, 0.25) is 10.0 Å². The number of piperidine rings is 1. The molecule has 2 aromatic carbocycles. The summed E-state index contributed by atoms with van der Waals surface area (Å²) in [6.45, 7) is 6.15. The number of likely N-dealkylation sites (tertiary alicyclic amines) is 1. The summed E-state index contributed by atoms with van der Waals surface area (Å²) in [5, 5.41) is 3.07. The van der Waals surface area contributed by atoms with Crippen molar-refractivity contribution in [2.45, 2.75) is 62.6 Å². The molecule has 1 atom stereocenters. The van der Waals surface area contributed by atoms with Gasteiger partial charge in [-0.1, -0.05) is 24.3 Å². The second-order valence-electron chi connectivity index (χ2n) is 8.82. The van der Waals surface area contributed by atoms with Crippen LogP contribution < -0.4 is 10.0 Å². The quantitative estimate of drug-likeness (QED) is 0.721. The number of carbonyl (C=O) groups excluding carboxylic acids is 1. The van der Waals surface area contributed by atoms with Gasteiger partial charge in [0, 0.05) is 17.6 Å². The molecule has 166 valence electrons. The molecule has 0 radical (unpaired) electrons. The molecule has 1 aliphatic carbocycles. The average molecular weight is 442 g/mol. The number of nitrogens with zero attached hydrogens (tertiary/aromatic N) is 1. The van der Waals surface area contributed by atoms with Crippen LogP contribution in [0.2, 0.25) is 0 Å². The van der Waals surface area contributed by atoms with Crippen molar-refractivity contribution in [1.82, 2.24) is 14.9 Å². The lowest BCUT2D eigenvalue weighted by molar-refractivity contribution is 0.0936. The zero-order valence-electron chi connectivity index (χ0n) is 18.2. The van der Waals surface area contributed by atoms with E-state index in [0.29, 0.717) is 11.6 Å². The average Bonchev–Trinajstić information content (AvgIpc) is 3.16. The number of fused-ring (bicyclic) bond motifs is 1. The second kappa shape index (κ2) is 9.10. The first kappa shape index (κ1) is 22.0. The molecule has 4 rings (SSSR count). The van der Waals surface area contributed by atoms with Gasteiger partial charge in [-0.15, -0.1) is 0 Å². The minimum absolute atomic E-state index is 0.0400. The summed E-state index contributed by atoms with van der Waals surface area (Å²) in [5.41, 5.74) is 2.61. The van der Waals surface area contributed by atoms with Crippen LogP contribution in [-0.4, -0.2) is 44.4 Å². The lowest BCUT2D eigenvalue weighted by atomic mass is 10.1. The van der Waals surface area contributed by atoms with Gasteiger partial charge >= 0.3 is 0 Å². The molecule has 0 unspecified atom stereocenters. The van der Waals surface area contributed by atoms with Gasteiger partial charge in [0.15, 0.2) is 0 Å². The van der Waals surface area contributed by atoms with E-state index in [1.807, 2.05) is 24.3 Å². The number of hydrogen-bond donors (Lipinski definition) is 2. The van der Waals surface area contributed by atoms with Crippen LogP contribution in [0.3, 0.4) is 0 Å². The highest BCUT2D eigenvalue weighted by Crippen LogP contribution is 2.33. The van der Waals surface area contributed by atoms with Gasteiger partial charge in [-0.25, -0.2) is 13.1 Å². The van der Waals surface area contributed by atoms with Crippen LogP contribution in [0.25, 0.3) is 0 Å². The van der Waals surface area contributed by atoms with Crippen LogP contribution >= 0.6 is 0 Å². The van der Waals surface area contributed by atoms with Crippen LogP contribution in [0.1, 0.15) is 60.6 Å². The zero-order valence-corrected chi connectivity index (χ0v) is 19.0. The van der Waals surface area contributed by atoms with E-state index in [0.717, 1.165) is 49.9 Å². The van der Waals surface area contributed by atoms with Crippen molar-refractivity contribution >= 4 is 15.9 Å². The van der Waals surface area contributed by atoms with E-state index in [9.17, 15) is 13.2 Å². The molecule has 7 heteroatoms. The summed E-state index contributed by atoms with van der Waals surface area (Å²) < 4.78 is 29.0. The minimum atomic E-state index is -3.60. The third-order valence-corrected chi connectivity index (χ3v) is 7.95. The van der Waals surface area contributed by atoms with E-state index in [1.54, 1.807) is 24.3 Å². The monoisotopic (exact) mass is 441 g/mol. The second-order valence-corrected chi connectivity index (χ2v) is 10.5. The van der Waals surface area contributed by atoms with E-state index < -0.39 is 10.0 Å². The Morgan fingerprint density at radius 3 is 2.42 bits per heavy atom. The molecule has 2 aliphatic rings. The van der Waals surface area contributed by atoms with Gasteiger partial charge in [0.05, 0.1) is 10.9 Å². The van der Waals surface area contributed by atoms with Gasteiger partial charge in [-0.2, -0.15) is 0 Å². The molecule has 2 aromatic rings. The van der Waals surface area contributed by atoms with Gasteiger partial charge in [0.1, 0.15) is 0 Å². The predicted octanol–water partition coefficient (Wildman–Crippen LogP) is 3.26. The number of sulfonamides is 1. The molecule has 0 bridgehead atoms. The molecule has 1 heterocycles. The Hall–Kier alpha value is -2.22. The van der Waals surface area contributed by atoms with E-state index in [2.05, 4.69) is 28.8 Å². The maximum absolute atomic E-state index is 13.1. The van der Waals surface area contributed by atoms with Crippen molar-refractivity contribution in [2.75, 3.05) is 13.1 Å². The SMILES string of the molecule is CC(C)N1CCC(NS(=O)(=O)c2ccc3c(c2)[C@@H](NC(=O)c2ccccc2)CC3)CC1.